The van der Waals surface area contributed by atoms with E-state index in [0.29, 0.717) is 35.2 Å². The molecule has 9 nitrogen and oxygen atoms in total. The smallest absolute Gasteiger partial charge is 0.272 e. The maximum absolute atomic E-state index is 13.3. The summed E-state index contributed by atoms with van der Waals surface area (Å²) in [7, 11) is 3.46. The second kappa shape index (κ2) is 11.3. The topological polar surface area (TPSA) is 115 Å². The van der Waals surface area contributed by atoms with Gasteiger partial charge in [0, 0.05) is 47.8 Å². The van der Waals surface area contributed by atoms with Gasteiger partial charge < -0.3 is 19.9 Å². The van der Waals surface area contributed by atoms with Crippen molar-refractivity contribution < 1.29 is 14.3 Å². The molecule has 4 N–H and O–H groups in total. The highest BCUT2D eigenvalue weighted by Gasteiger charge is 2.23. The van der Waals surface area contributed by atoms with Crippen LogP contribution in [0.25, 0.3) is 32.1 Å². The number of nitrogens with one attached hydrogen (secondary N) is 2. The summed E-state index contributed by atoms with van der Waals surface area (Å²) < 4.78 is 8.39. The molecule has 1 fully saturated rings. The molecule has 2 amide bonds. The van der Waals surface area contributed by atoms with Gasteiger partial charge >= 0.3 is 0 Å². The van der Waals surface area contributed by atoms with Gasteiger partial charge in [-0.3, -0.25) is 19.6 Å². The van der Waals surface area contributed by atoms with Gasteiger partial charge in [0.1, 0.15) is 11.4 Å². The average molecular weight is 569 g/mol. The van der Waals surface area contributed by atoms with Crippen molar-refractivity contribution in [1.29, 1.82) is 0 Å². The van der Waals surface area contributed by atoms with Crippen molar-refractivity contribution in [3.05, 3.63) is 77.6 Å². The van der Waals surface area contributed by atoms with Crippen LogP contribution in [0.2, 0.25) is 0 Å². The lowest BCUT2D eigenvalue weighted by atomic mass is 9.98. The summed E-state index contributed by atoms with van der Waals surface area (Å²) in [6.45, 7) is 2.43. The van der Waals surface area contributed by atoms with Crippen molar-refractivity contribution in [3.63, 3.8) is 0 Å². The van der Waals surface area contributed by atoms with E-state index in [1.807, 2.05) is 65.5 Å². The number of fused-ring (bicyclic) bond motifs is 2. The van der Waals surface area contributed by atoms with E-state index in [0.717, 1.165) is 58.0 Å². The number of nitrogens with zero attached hydrogens (tertiary/aromatic N) is 3. The number of ether oxygens (including phenoxy) is 1. The third-order valence-corrected chi connectivity index (χ3v) is 8.86. The van der Waals surface area contributed by atoms with Crippen LogP contribution in [-0.2, 0) is 7.05 Å². The van der Waals surface area contributed by atoms with Gasteiger partial charge in [-0.25, -0.2) is 5.84 Å². The zero-order valence-corrected chi connectivity index (χ0v) is 23.8. The summed E-state index contributed by atoms with van der Waals surface area (Å²) in [5, 5.41) is 11.6. The lowest BCUT2D eigenvalue weighted by molar-refractivity contribution is 0.0718. The van der Waals surface area contributed by atoms with E-state index in [2.05, 4.69) is 15.6 Å². The van der Waals surface area contributed by atoms with Crippen LogP contribution in [0.4, 0.5) is 5.69 Å². The Morgan fingerprint density at radius 3 is 2.76 bits per heavy atom. The van der Waals surface area contributed by atoms with Gasteiger partial charge in [0.15, 0.2) is 0 Å². The van der Waals surface area contributed by atoms with Gasteiger partial charge in [-0.05, 0) is 67.1 Å². The zero-order chi connectivity index (χ0) is 28.5. The molecule has 10 heteroatoms. The van der Waals surface area contributed by atoms with Crippen molar-refractivity contribution in [2.45, 2.75) is 12.8 Å². The number of hydrogen-bond acceptors (Lipinski definition) is 7. The van der Waals surface area contributed by atoms with Crippen LogP contribution in [-0.4, -0.2) is 53.1 Å². The van der Waals surface area contributed by atoms with Crippen LogP contribution < -0.4 is 21.2 Å². The van der Waals surface area contributed by atoms with E-state index in [1.54, 1.807) is 19.5 Å². The number of anilines is 1. The lowest BCUT2D eigenvalue weighted by Gasteiger charge is -2.27. The molecule has 0 radical (unpaired) electrons. The molecule has 4 heterocycles. The first-order valence-corrected chi connectivity index (χ1v) is 14.5. The van der Waals surface area contributed by atoms with Gasteiger partial charge in [-0.15, -0.1) is 11.3 Å². The summed E-state index contributed by atoms with van der Waals surface area (Å²) in [6.07, 6.45) is 5.38. The van der Waals surface area contributed by atoms with E-state index in [4.69, 9.17) is 10.6 Å². The number of carbonyl (C=O) groups excluding carboxylic acids is 2. The van der Waals surface area contributed by atoms with Gasteiger partial charge in [0.25, 0.3) is 11.8 Å². The number of piperidine rings is 1. The Bertz CT molecular complexity index is 1750. The number of aromatic nitrogens is 2. The monoisotopic (exact) mass is 568 g/mol. The van der Waals surface area contributed by atoms with E-state index >= 15 is 0 Å². The summed E-state index contributed by atoms with van der Waals surface area (Å²) in [4.78, 5) is 30.9. The molecule has 0 atom stereocenters. The molecule has 1 aliphatic rings. The number of carbonyl (C=O) groups is 2. The van der Waals surface area contributed by atoms with E-state index in [1.165, 1.54) is 16.3 Å². The van der Waals surface area contributed by atoms with Crippen LogP contribution >= 0.6 is 11.3 Å². The van der Waals surface area contributed by atoms with Crippen molar-refractivity contribution in [1.82, 2.24) is 19.9 Å². The number of para-hydroxylation sites is 1. The first-order valence-electron chi connectivity index (χ1n) is 13.6. The van der Waals surface area contributed by atoms with Crippen LogP contribution in [0.1, 0.15) is 33.7 Å². The number of aryl methyl sites for hydroxylation is 1. The molecule has 3 aromatic heterocycles. The molecule has 0 aliphatic carbocycles. The maximum atomic E-state index is 13.3. The van der Waals surface area contributed by atoms with Gasteiger partial charge in [0.05, 0.1) is 23.1 Å². The molecule has 6 rings (SSSR count). The van der Waals surface area contributed by atoms with Crippen LogP contribution in [0.5, 0.6) is 5.75 Å². The Kier molecular flexibility index (Phi) is 7.44. The number of methoxy groups -OCH3 is 1. The molecule has 1 aliphatic heterocycles. The highest BCUT2D eigenvalue weighted by Crippen LogP contribution is 2.39. The normalized spacial score (nSPS) is 13.9. The lowest BCUT2D eigenvalue weighted by Crippen LogP contribution is -2.43. The minimum atomic E-state index is -0.223. The standard InChI is InChI=1S/C31H32N6O3S/c1-36-26-6-4-3-5-21(26)13-27(36)30(38)35-25-8-7-20(14-28(25)40-2)24-18-41-29-22(24)15-34-16-23(29)31(39)37(32)17-19-9-11-33-12-10-19/h3-8,13-16,18-19,33H,9-12,17,32H2,1-2H3,(H,35,38). The number of hydrazine groups is 1. The number of hydrogen-bond donors (Lipinski definition) is 3. The van der Waals surface area contributed by atoms with E-state index in [9.17, 15) is 9.59 Å². The first kappa shape index (κ1) is 26.9. The molecular formula is C31H32N6O3S. The van der Waals surface area contributed by atoms with E-state index < -0.39 is 0 Å². The Morgan fingerprint density at radius 2 is 1.98 bits per heavy atom. The molecule has 41 heavy (non-hydrogen) atoms. The van der Waals surface area contributed by atoms with Crippen molar-refractivity contribution in [3.8, 4) is 16.9 Å². The largest absolute Gasteiger partial charge is 0.495 e. The number of rotatable bonds is 7. The van der Waals surface area contributed by atoms with E-state index in [-0.39, 0.29) is 11.8 Å². The molecular weight excluding hydrogens is 536 g/mol. The third-order valence-electron chi connectivity index (χ3n) is 7.83. The molecule has 1 saturated heterocycles. The highest BCUT2D eigenvalue weighted by molar-refractivity contribution is 7.18. The minimum Gasteiger partial charge on any atom is -0.495 e. The Balaban J connectivity index is 1.25. The number of pyridine rings is 1. The highest BCUT2D eigenvalue weighted by atomic mass is 32.1. The SMILES string of the molecule is COc1cc(-c2csc3c(C(=O)N(N)CC4CCNCC4)cncc23)ccc1NC(=O)c1cc2ccccc2n1C. The number of benzene rings is 2. The number of nitrogens with two attached hydrogens (primary N) is 1. The zero-order valence-electron chi connectivity index (χ0n) is 23.0. The quantitative estimate of drug-likeness (QED) is 0.144. The number of amides is 2. The first-order chi connectivity index (χ1) is 19.9. The molecule has 0 bridgehead atoms. The molecule has 2 aromatic carbocycles. The van der Waals surface area contributed by atoms with Gasteiger partial charge in [-0.1, -0.05) is 24.3 Å². The molecule has 0 unspecified atom stereocenters. The Hall–Kier alpha value is -4.25. The Labute approximate surface area is 241 Å². The minimum absolute atomic E-state index is 0.223. The Morgan fingerprint density at radius 1 is 1.17 bits per heavy atom. The third kappa shape index (κ3) is 5.17. The van der Waals surface area contributed by atoms with Crippen LogP contribution in [0, 0.1) is 5.92 Å². The average Bonchev–Trinajstić information content (AvgIpc) is 3.59. The van der Waals surface area contributed by atoms with Crippen LogP contribution in [0.3, 0.4) is 0 Å². The second-order valence-corrected chi connectivity index (χ2v) is 11.3. The summed E-state index contributed by atoms with van der Waals surface area (Å²) in [5.41, 5.74) is 4.43. The van der Waals surface area contributed by atoms with Crippen molar-refractivity contribution in [2.24, 2.45) is 18.8 Å². The molecule has 210 valence electrons. The second-order valence-electron chi connectivity index (χ2n) is 10.4. The predicted molar refractivity (Wildman–Crippen MR) is 163 cm³/mol. The van der Waals surface area contributed by atoms with Gasteiger partial charge in [-0.2, -0.15) is 0 Å². The maximum Gasteiger partial charge on any atom is 0.272 e. The number of thiophene rings is 1. The fourth-order valence-corrected chi connectivity index (χ4v) is 6.62. The molecule has 0 spiro atoms. The van der Waals surface area contributed by atoms with Crippen LogP contribution in [0.15, 0.2) is 66.3 Å². The fraction of sp³-hybridized carbons (Fsp3) is 0.258. The van der Waals surface area contributed by atoms with Crippen molar-refractivity contribution >= 4 is 49.8 Å². The fourth-order valence-electron chi connectivity index (χ4n) is 5.56. The molecule has 0 saturated carbocycles. The summed E-state index contributed by atoms with van der Waals surface area (Å²) >= 11 is 1.49. The predicted octanol–water partition coefficient (Wildman–Crippen LogP) is 5.03. The summed E-state index contributed by atoms with van der Waals surface area (Å²) in [6, 6.07) is 15.4. The van der Waals surface area contributed by atoms with Gasteiger partial charge in [0.2, 0.25) is 0 Å². The van der Waals surface area contributed by atoms with Crippen molar-refractivity contribution in [2.75, 3.05) is 32.1 Å². The molecule has 5 aromatic rings. The summed E-state index contributed by atoms with van der Waals surface area (Å²) in [5.74, 6) is 6.72.